The van der Waals surface area contributed by atoms with Crippen LogP contribution in [0.3, 0.4) is 0 Å². The van der Waals surface area contributed by atoms with Crippen molar-refractivity contribution in [1.82, 2.24) is 9.55 Å². The molecule has 0 saturated carbocycles. The fourth-order valence-corrected chi connectivity index (χ4v) is 1.71. The third kappa shape index (κ3) is 1.19. The van der Waals surface area contributed by atoms with Gasteiger partial charge in [-0.25, -0.2) is 0 Å². The number of ketones is 1. The molecule has 14 heavy (non-hydrogen) atoms. The molecule has 1 aliphatic heterocycles. The Balaban J connectivity index is 2.54. The zero-order valence-electron chi connectivity index (χ0n) is 7.69. The van der Waals surface area contributed by atoms with Crippen LogP contribution in [0.4, 0.5) is 5.82 Å². The Labute approximate surface area is 79.7 Å². The Hall–Kier alpha value is -1.72. The first-order valence-electron chi connectivity index (χ1n) is 4.31. The molecule has 1 aromatic heterocycles. The van der Waals surface area contributed by atoms with Gasteiger partial charge >= 0.3 is 5.82 Å². The second-order valence-electron chi connectivity index (χ2n) is 3.31. The molecule has 0 fully saturated rings. The SMILES string of the molecule is Cc1nc([N+](=O)[O-])c2n1CC(=O)CC2. The van der Waals surface area contributed by atoms with Gasteiger partial charge < -0.3 is 10.1 Å². The number of Topliss-reactive ketones (excluding diaryl/α,β-unsaturated/α-hetero) is 1. The van der Waals surface area contributed by atoms with Crippen molar-refractivity contribution in [3.05, 3.63) is 21.6 Å². The number of nitrogens with zero attached hydrogens (tertiary/aromatic N) is 3. The number of carbonyl (C=O) groups excluding carboxylic acids is 1. The molecule has 74 valence electrons. The van der Waals surface area contributed by atoms with E-state index in [-0.39, 0.29) is 18.1 Å². The second kappa shape index (κ2) is 2.90. The van der Waals surface area contributed by atoms with Crippen LogP contribution < -0.4 is 0 Å². The lowest BCUT2D eigenvalue weighted by Gasteiger charge is -2.12. The molecular weight excluding hydrogens is 186 g/mol. The minimum absolute atomic E-state index is 0.102. The lowest BCUT2D eigenvalue weighted by atomic mass is 10.1. The van der Waals surface area contributed by atoms with Crippen molar-refractivity contribution in [2.45, 2.75) is 26.3 Å². The number of hydrogen-bond donors (Lipinski definition) is 0. The van der Waals surface area contributed by atoms with Crippen LogP contribution in [0.5, 0.6) is 0 Å². The highest BCUT2D eigenvalue weighted by molar-refractivity contribution is 5.80. The summed E-state index contributed by atoms with van der Waals surface area (Å²) in [4.78, 5) is 25.1. The van der Waals surface area contributed by atoms with Crippen LogP contribution in [0, 0.1) is 17.0 Å². The minimum Gasteiger partial charge on any atom is -0.358 e. The maximum Gasteiger partial charge on any atom is 0.385 e. The zero-order chi connectivity index (χ0) is 10.3. The van der Waals surface area contributed by atoms with Crippen molar-refractivity contribution < 1.29 is 9.72 Å². The van der Waals surface area contributed by atoms with Gasteiger partial charge in [-0.3, -0.25) is 9.36 Å². The van der Waals surface area contributed by atoms with Crippen molar-refractivity contribution in [2.24, 2.45) is 0 Å². The van der Waals surface area contributed by atoms with Gasteiger partial charge in [-0.2, -0.15) is 0 Å². The van der Waals surface area contributed by atoms with E-state index in [1.54, 1.807) is 11.5 Å². The molecule has 1 aromatic rings. The van der Waals surface area contributed by atoms with E-state index in [2.05, 4.69) is 4.98 Å². The summed E-state index contributed by atoms with van der Waals surface area (Å²) >= 11 is 0. The molecule has 0 amide bonds. The first-order valence-corrected chi connectivity index (χ1v) is 4.31. The predicted octanol–water partition coefficient (Wildman–Crippen LogP) is 0.615. The molecule has 0 spiro atoms. The second-order valence-corrected chi connectivity index (χ2v) is 3.31. The van der Waals surface area contributed by atoms with Gasteiger partial charge in [0.15, 0.2) is 5.78 Å². The molecule has 6 nitrogen and oxygen atoms in total. The van der Waals surface area contributed by atoms with Crippen molar-refractivity contribution in [3.63, 3.8) is 0 Å². The van der Waals surface area contributed by atoms with E-state index < -0.39 is 4.92 Å². The standard InChI is InChI=1S/C8H9N3O3/c1-5-9-8(11(13)14)7-3-2-6(12)4-10(5)7/h2-4H2,1H3. The Morgan fingerprint density at radius 3 is 2.86 bits per heavy atom. The molecule has 0 unspecified atom stereocenters. The maximum atomic E-state index is 11.1. The summed E-state index contributed by atoms with van der Waals surface area (Å²) in [5.74, 6) is 0.544. The van der Waals surface area contributed by atoms with Gasteiger partial charge in [-0.15, -0.1) is 0 Å². The maximum absolute atomic E-state index is 11.1. The summed E-state index contributed by atoms with van der Waals surface area (Å²) in [5.41, 5.74) is 0.576. The number of hydrogen-bond acceptors (Lipinski definition) is 4. The molecule has 2 rings (SSSR count). The summed E-state index contributed by atoms with van der Waals surface area (Å²) in [6.45, 7) is 1.90. The van der Waals surface area contributed by atoms with E-state index in [0.29, 0.717) is 24.4 Å². The number of imidazole rings is 1. The summed E-state index contributed by atoms with van der Waals surface area (Å²) in [7, 11) is 0. The zero-order valence-corrected chi connectivity index (χ0v) is 7.69. The highest BCUT2D eigenvalue weighted by atomic mass is 16.6. The van der Waals surface area contributed by atoms with Crippen LogP contribution in [0.1, 0.15) is 17.9 Å². The summed E-state index contributed by atoms with van der Waals surface area (Å²) in [5, 5.41) is 10.6. The Morgan fingerprint density at radius 2 is 2.21 bits per heavy atom. The van der Waals surface area contributed by atoms with E-state index in [0.717, 1.165) is 0 Å². The molecule has 0 aliphatic carbocycles. The van der Waals surface area contributed by atoms with Gasteiger partial charge in [-0.05, 0) is 9.91 Å². The van der Waals surface area contributed by atoms with Crippen molar-refractivity contribution in [1.29, 1.82) is 0 Å². The minimum atomic E-state index is -0.491. The van der Waals surface area contributed by atoms with E-state index in [9.17, 15) is 14.9 Å². The lowest BCUT2D eigenvalue weighted by molar-refractivity contribution is -0.390. The van der Waals surface area contributed by atoms with Crippen LogP contribution in [-0.2, 0) is 17.8 Å². The normalized spacial score (nSPS) is 15.4. The van der Waals surface area contributed by atoms with Gasteiger partial charge in [0.25, 0.3) is 0 Å². The summed E-state index contributed by atoms with van der Waals surface area (Å²) in [6.07, 6.45) is 0.807. The number of fused-ring (bicyclic) bond motifs is 1. The topological polar surface area (TPSA) is 78.0 Å². The molecule has 1 aliphatic rings. The molecule has 0 bridgehead atoms. The lowest BCUT2D eigenvalue weighted by Crippen LogP contribution is -2.20. The monoisotopic (exact) mass is 195 g/mol. The Kier molecular flexibility index (Phi) is 1.83. The van der Waals surface area contributed by atoms with Gasteiger partial charge in [0.2, 0.25) is 5.82 Å². The Bertz CT molecular complexity index is 422. The summed E-state index contributed by atoms with van der Waals surface area (Å²) in [6, 6.07) is 0. The smallest absolute Gasteiger partial charge is 0.358 e. The fraction of sp³-hybridized carbons (Fsp3) is 0.500. The molecule has 2 heterocycles. The molecule has 6 heteroatoms. The van der Waals surface area contributed by atoms with Gasteiger partial charge in [0.1, 0.15) is 5.69 Å². The molecule has 0 atom stereocenters. The summed E-state index contributed by atoms with van der Waals surface area (Å²) < 4.78 is 1.63. The number of aryl methyl sites for hydroxylation is 1. The van der Waals surface area contributed by atoms with E-state index in [4.69, 9.17) is 0 Å². The third-order valence-electron chi connectivity index (χ3n) is 2.39. The molecule has 0 N–H and O–H groups in total. The van der Waals surface area contributed by atoms with Gasteiger partial charge in [-0.1, -0.05) is 0 Å². The first-order chi connectivity index (χ1) is 6.59. The molecule has 0 radical (unpaired) electrons. The van der Waals surface area contributed by atoms with Crippen molar-refractivity contribution >= 4 is 11.6 Å². The Morgan fingerprint density at radius 1 is 1.50 bits per heavy atom. The number of carbonyl (C=O) groups is 1. The van der Waals surface area contributed by atoms with Gasteiger partial charge in [0, 0.05) is 19.8 Å². The third-order valence-corrected chi connectivity index (χ3v) is 2.39. The van der Waals surface area contributed by atoms with Crippen LogP contribution in [0.2, 0.25) is 0 Å². The molecule has 0 aromatic carbocycles. The molecular formula is C8H9N3O3. The van der Waals surface area contributed by atoms with Gasteiger partial charge in [0.05, 0.1) is 6.54 Å². The van der Waals surface area contributed by atoms with Crippen molar-refractivity contribution in [2.75, 3.05) is 0 Å². The average Bonchev–Trinajstić information content (AvgIpc) is 2.44. The highest BCUT2D eigenvalue weighted by Crippen LogP contribution is 2.24. The van der Waals surface area contributed by atoms with Crippen molar-refractivity contribution in [3.8, 4) is 0 Å². The number of aromatic nitrogens is 2. The van der Waals surface area contributed by atoms with E-state index >= 15 is 0 Å². The van der Waals surface area contributed by atoms with Crippen LogP contribution in [0.15, 0.2) is 0 Å². The van der Waals surface area contributed by atoms with E-state index in [1.165, 1.54) is 0 Å². The van der Waals surface area contributed by atoms with E-state index in [1.807, 2.05) is 0 Å². The average molecular weight is 195 g/mol. The quantitative estimate of drug-likeness (QED) is 0.486. The molecule has 0 saturated heterocycles. The van der Waals surface area contributed by atoms with Crippen LogP contribution in [0.25, 0.3) is 0 Å². The first kappa shape index (κ1) is 8.86. The highest BCUT2D eigenvalue weighted by Gasteiger charge is 2.29. The predicted molar refractivity (Wildman–Crippen MR) is 46.9 cm³/mol. The largest absolute Gasteiger partial charge is 0.385 e. The van der Waals surface area contributed by atoms with Crippen LogP contribution in [-0.4, -0.2) is 20.3 Å². The fourth-order valence-electron chi connectivity index (χ4n) is 1.71. The number of nitro groups is 1. The number of rotatable bonds is 1. The van der Waals surface area contributed by atoms with Crippen LogP contribution >= 0.6 is 0 Å².